The average molecular weight is 266 g/mol. The molecule has 2 unspecified atom stereocenters. The predicted octanol–water partition coefficient (Wildman–Crippen LogP) is 3.69. The lowest BCUT2D eigenvalue weighted by Crippen LogP contribution is -2.33. The molecule has 3 rings (SSSR count). The molecule has 2 nitrogen and oxygen atoms in total. The molecule has 17 heavy (non-hydrogen) atoms. The van der Waals surface area contributed by atoms with Crippen LogP contribution in [0.15, 0.2) is 47.1 Å². The quantitative estimate of drug-likeness (QED) is 0.837. The topological polar surface area (TPSA) is 21.3 Å². The highest BCUT2D eigenvalue weighted by Crippen LogP contribution is 2.41. The van der Waals surface area contributed by atoms with Gasteiger partial charge in [-0.2, -0.15) is 0 Å². The molecule has 0 bridgehead atoms. The van der Waals surface area contributed by atoms with Crippen LogP contribution in [0.5, 0.6) is 0 Å². The standard InChI is InChI=1S/C13H12ClNOS/c1-16-9-3-4-10-13(7-9)17-12-5-2-8(14)6-11(12)15-10/h2-7,10,13,15H,1H3. The number of fused-ring (bicyclic) bond motifs is 2. The Morgan fingerprint density at radius 2 is 2.29 bits per heavy atom. The Kier molecular flexibility index (Phi) is 2.81. The van der Waals surface area contributed by atoms with Gasteiger partial charge in [0.25, 0.3) is 0 Å². The number of nitrogens with one attached hydrogen (secondary N) is 1. The lowest BCUT2D eigenvalue weighted by molar-refractivity contribution is 0.303. The van der Waals surface area contributed by atoms with Gasteiger partial charge >= 0.3 is 0 Å². The van der Waals surface area contributed by atoms with E-state index in [9.17, 15) is 0 Å². The molecular weight excluding hydrogens is 254 g/mol. The average Bonchev–Trinajstić information content (AvgIpc) is 2.35. The first-order valence-corrected chi connectivity index (χ1v) is 6.69. The van der Waals surface area contributed by atoms with Crippen molar-refractivity contribution in [3.05, 3.63) is 47.2 Å². The molecule has 0 fully saturated rings. The number of thioether (sulfide) groups is 1. The van der Waals surface area contributed by atoms with Gasteiger partial charge in [-0.15, -0.1) is 11.8 Å². The van der Waals surface area contributed by atoms with Gasteiger partial charge in [-0.25, -0.2) is 0 Å². The Morgan fingerprint density at radius 1 is 1.41 bits per heavy atom. The molecule has 1 heterocycles. The summed E-state index contributed by atoms with van der Waals surface area (Å²) in [6.07, 6.45) is 6.30. The zero-order chi connectivity index (χ0) is 11.8. The third-order valence-corrected chi connectivity index (χ3v) is 4.46. The number of anilines is 1. The first-order chi connectivity index (χ1) is 8.26. The van der Waals surface area contributed by atoms with Gasteiger partial charge in [-0.05, 0) is 30.4 Å². The van der Waals surface area contributed by atoms with Gasteiger partial charge in [0.15, 0.2) is 0 Å². The van der Waals surface area contributed by atoms with E-state index < -0.39 is 0 Å². The van der Waals surface area contributed by atoms with Crippen LogP contribution in [0.4, 0.5) is 5.69 Å². The Morgan fingerprint density at radius 3 is 3.12 bits per heavy atom. The van der Waals surface area contributed by atoms with E-state index in [0.29, 0.717) is 11.3 Å². The van der Waals surface area contributed by atoms with Gasteiger partial charge in [0.05, 0.1) is 18.4 Å². The lowest BCUT2D eigenvalue weighted by atomic mass is 10.1. The van der Waals surface area contributed by atoms with E-state index in [0.717, 1.165) is 16.5 Å². The van der Waals surface area contributed by atoms with E-state index in [4.69, 9.17) is 16.3 Å². The molecular formula is C13H12ClNOS. The van der Waals surface area contributed by atoms with Crippen LogP contribution in [0.3, 0.4) is 0 Å². The highest BCUT2D eigenvalue weighted by atomic mass is 35.5. The molecule has 1 aromatic rings. The summed E-state index contributed by atoms with van der Waals surface area (Å²) in [4.78, 5) is 1.23. The largest absolute Gasteiger partial charge is 0.497 e. The second-order valence-corrected chi connectivity index (χ2v) is 5.68. The van der Waals surface area contributed by atoms with E-state index in [1.54, 1.807) is 7.11 Å². The van der Waals surface area contributed by atoms with Crippen LogP contribution < -0.4 is 5.32 Å². The van der Waals surface area contributed by atoms with Gasteiger partial charge in [-0.1, -0.05) is 17.7 Å². The summed E-state index contributed by atoms with van der Waals surface area (Å²) in [6.45, 7) is 0. The monoisotopic (exact) mass is 265 g/mol. The molecule has 4 heteroatoms. The van der Waals surface area contributed by atoms with Crippen molar-refractivity contribution >= 4 is 29.1 Å². The van der Waals surface area contributed by atoms with Crippen LogP contribution in [0.1, 0.15) is 0 Å². The summed E-state index contributed by atoms with van der Waals surface area (Å²) >= 11 is 7.84. The van der Waals surface area contributed by atoms with Crippen molar-refractivity contribution in [3.8, 4) is 0 Å². The fourth-order valence-corrected chi connectivity index (χ4v) is 3.41. The van der Waals surface area contributed by atoms with Crippen LogP contribution in [-0.2, 0) is 4.74 Å². The van der Waals surface area contributed by atoms with E-state index >= 15 is 0 Å². The van der Waals surface area contributed by atoms with Crippen LogP contribution in [0, 0.1) is 0 Å². The van der Waals surface area contributed by atoms with Crippen molar-refractivity contribution in [2.45, 2.75) is 16.2 Å². The Bertz CT molecular complexity index is 512. The number of hydrogen-bond acceptors (Lipinski definition) is 3. The Labute approximate surface area is 110 Å². The molecule has 0 amide bonds. The second-order valence-electron chi connectivity index (χ2n) is 4.03. The molecule has 0 saturated heterocycles. The molecule has 1 aliphatic carbocycles. The number of ether oxygens (including phenoxy) is 1. The van der Waals surface area contributed by atoms with Crippen molar-refractivity contribution in [1.29, 1.82) is 0 Å². The zero-order valence-corrected chi connectivity index (χ0v) is 10.9. The third-order valence-electron chi connectivity index (χ3n) is 2.91. The van der Waals surface area contributed by atoms with Crippen LogP contribution in [0.25, 0.3) is 0 Å². The fraction of sp³-hybridized carbons (Fsp3) is 0.231. The lowest BCUT2D eigenvalue weighted by Gasteiger charge is -2.32. The minimum Gasteiger partial charge on any atom is -0.497 e. The number of halogens is 1. The summed E-state index contributed by atoms with van der Waals surface area (Å²) in [7, 11) is 1.70. The maximum absolute atomic E-state index is 6.00. The molecule has 1 aromatic carbocycles. The molecule has 0 aromatic heterocycles. The minimum absolute atomic E-state index is 0.310. The molecule has 0 radical (unpaired) electrons. The maximum Gasteiger partial charge on any atom is 0.115 e. The van der Waals surface area contributed by atoms with Crippen molar-refractivity contribution < 1.29 is 4.74 Å². The summed E-state index contributed by atoms with van der Waals surface area (Å²) in [5, 5.41) is 4.64. The normalized spacial score (nSPS) is 25.4. The number of hydrogen-bond donors (Lipinski definition) is 1. The summed E-state index contributed by atoms with van der Waals surface area (Å²) in [5.41, 5.74) is 1.11. The number of methoxy groups -OCH3 is 1. The molecule has 0 saturated carbocycles. The van der Waals surface area contributed by atoms with Crippen molar-refractivity contribution in [1.82, 2.24) is 0 Å². The predicted molar refractivity (Wildman–Crippen MR) is 72.7 cm³/mol. The van der Waals surface area contributed by atoms with Crippen LogP contribution >= 0.6 is 23.4 Å². The van der Waals surface area contributed by atoms with Gasteiger partial charge in [0.1, 0.15) is 5.76 Å². The van der Waals surface area contributed by atoms with E-state index in [1.807, 2.05) is 30.0 Å². The molecule has 0 spiro atoms. The number of rotatable bonds is 1. The van der Waals surface area contributed by atoms with Crippen molar-refractivity contribution in [3.63, 3.8) is 0 Å². The van der Waals surface area contributed by atoms with E-state index in [1.165, 1.54) is 4.90 Å². The SMILES string of the molecule is COC1=CC2Sc3ccc(Cl)cc3NC2C=C1. The van der Waals surface area contributed by atoms with Gasteiger partial charge in [-0.3, -0.25) is 0 Å². The van der Waals surface area contributed by atoms with Crippen LogP contribution in [-0.4, -0.2) is 18.4 Å². The summed E-state index contributed by atoms with van der Waals surface area (Å²) in [5.74, 6) is 0.929. The Balaban J connectivity index is 1.93. The summed E-state index contributed by atoms with van der Waals surface area (Å²) < 4.78 is 5.26. The number of allylic oxidation sites excluding steroid dienone is 1. The first kappa shape index (κ1) is 11.1. The van der Waals surface area contributed by atoms with Crippen molar-refractivity contribution in [2.75, 3.05) is 12.4 Å². The first-order valence-electron chi connectivity index (χ1n) is 5.43. The molecule has 2 atom stereocenters. The second kappa shape index (κ2) is 4.31. The van der Waals surface area contributed by atoms with Crippen LogP contribution in [0.2, 0.25) is 5.02 Å². The molecule has 2 aliphatic rings. The summed E-state index contributed by atoms with van der Waals surface area (Å²) in [6, 6.07) is 6.27. The minimum atomic E-state index is 0.310. The molecule has 1 aliphatic heterocycles. The van der Waals surface area contributed by atoms with Gasteiger partial charge in [0.2, 0.25) is 0 Å². The highest BCUT2D eigenvalue weighted by molar-refractivity contribution is 8.00. The zero-order valence-electron chi connectivity index (χ0n) is 9.31. The molecule has 88 valence electrons. The Hall–Kier alpha value is -1.06. The van der Waals surface area contributed by atoms with E-state index in [2.05, 4.69) is 23.5 Å². The van der Waals surface area contributed by atoms with Gasteiger partial charge in [0, 0.05) is 15.6 Å². The molecule has 1 N–H and O–H groups in total. The number of benzene rings is 1. The van der Waals surface area contributed by atoms with E-state index in [-0.39, 0.29) is 0 Å². The smallest absolute Gasteiger partial charge is 0.115 e. The maximum atomic E-state index is 6.00. The highest BCUT2D eigenvalue weighted by Gasteiger charge is 2.28. The fourth-order valence-electron chi connectivity index (χ4n) is 2.05. The van der Waals surface area contributed by atoms with Crippen molar-refractivity contribution in [2.24, 2.45) is 0 Å². The van der Waals surface area contributed by atoms with Gasteiger partial charge < -0.3 is 10.1 Å². The third kappa shape index (κ3) is 2.05.